The van der Waals surface area contributed by atoms with E-state index in [1.807, 2.05) is 0 Å². The van der Waals surface area contributed by atoms with Gasteiger partial charge in [-0.15, -0.1) is 12.3 Å². The van der Waals surface area contributed by atoms with Crippen LogP contribution in [0, 0.1) is 30.0 Å². The Morgan fingerprint density at radius 2 is 1.87 bits per heavy atom. The summed E-state index contributed by atoms with van der Waals surface area (Å²) in [6.07, 6.45) is 8.65. The molecule has 0 atom stereocenters. The second-order valence-corrected chi connectivity index (χ2v) is 3.19. The lowest BCUT2D eigenvalue weighted by atomic mass is 10.2. The van der Waals surface area contributed by atoms with Crippen LogP contribution in [-0.4, -0.2) is 0 Å². The maximum atomic E-state index is 13.1. The van der Waals surface area contributed by atoms with Crippen molar-refractivity contribution in [3.8, 4) is 24.2 Å². The summed E-state index contributed by atoms with van der Waals surface area (Å²) in [5.74, 6) is 8.08. The van der Waals surface area contributed by atoms with Crippen LogP contribution in [0.5, 0.6) is 0 Å². The molecule has 0 aliphatic heterocycles. The zero-order chi connectivity index (χ0) is 10.9. The second-order valence-electron chi connectivity index (χ2n) is 3.19. The van der Waals surface area contributed by atoms with Gasteiger partial charge in [0.25, 0.3) is 0 Å². The van der Waals surface area contributed by atoms with Gasteiger partial charge in [-0.3, -0.25) is 0 Å². The molecule has 0 unspecified atom stereocenters. The SMILES string of the molecule is C#CCCCCC#Cc1ccccc1F. The van der Waals surface area contributed by atoms with E-state index in [2.05, 4.69) is 17.8 Å². The molecule has 1 aromatic rings. The van der Waals surface area contributed by atoms with Crippen molar-refractivity contribution in [1.29, 1.82) is 0 Å². The summed E-state index contributed by atoms with van der Waals surface area (Å²) in [6, 6.07) is 6.55. The highest BCUT2D eigenvalue weighted by molar-refractivity contribution is 5.34. The van der Waals surface area contributed by atoms with Crippen molar-refractivity contribution >= 4 is 0 Å². The van der Waals surface area contributed by atoms with Crippen LogP contribution in [-0.2, 0) is 0 Å². The number of halogens is 1. The van der Waals surface area contributed by atoms with E-state index in [1.165, 1.54) is 6.07 Å². The summed E-state index contributed by atoms with van der Waals surface area (Å²) in [7, 11) is 0. The molecule has 1 heteroatoms. The first-order valence-corrected chi connectivity index (χ1v) is 5.01. The predicted molar refractivity (Wildman–Crippen MR) is 60.6 cm³/mol. The third-order valence-electron chi connectivity index (χ3n) is 1.97. The van der Waals surface area contributed by atoms with E-state index in [1.54, 1.807) is 18.2 Å². The van der Waals surface area contributed by atoms with Gasteiger partial charge in [0.1, 0.15) is 5.82 Å². The molecule has 0 radical (unpaired) electrons. The molecule has 0 heterocycles. The fourth-order valence-corrected chi connectivity index (χ4v) is 1.16. The van der Waals surface area contributed by atoms with Gasteiger partial charge < -0.3 is 0 Å². The van der Waals surface area contributed by atoms with Crippen molar-refractivity contribution in [2.75, 3.05) is 0 Å². The van der Waals surface area contributed by atoms with E-state index >= 15 is 0 Å². The van der Waals surface area contributed by atoms with Crippen LogP contribution in [0.2, 0.25) is 0 Å². The molecule has 0 saturated heterocycles. The highest BCUT2D eigenvalue weighted by atomic mass is 19.1. The highest BCUT2D eigenvalue weighted by Crippen LogP contribution is 2.04. The topological polar surface area (TPSA) is 0 Å². The molecular weight excluding hydrogens is 187 g/mol. The van der Waals surface area contributed by atoms with Gasteiger partial charge in [0.2, 0.25) is 0 Å². The molecule has 0 amide bonds. The van der Waals surface area contributed by atoms with Crippen molar-refractivity contribution < 1.29 is 4.39 Å². The van der Waals surface area contributed by atoms with E-state index in [9.17, 15) is 4.39 Å². The van der Waals surface area contributed by atoms with Gasteiger partial charge in [0.15, 0.2) is 0 Å². The largest absolute Gasteiger partial charge is 0.206 e. The van der Waals surface area contributed by atoms with Gasteiger partial charge in [-0.25, -0.2) is 4.39 Å². The van der Waals surface area contributed by atoms with Crippen molar-refractivity contribution in [2.24, 2.45) is 0 Å². The molecule has 0 saturated carbocycles. The van der Waals surface area contributed by atoms with Crippen molar-refractivity contribution in [2.45, 2.75) is 25.7 Å². The molecule has 1 aromatic carbocycles. The molecule has 15 heavy (non-hydrogen) atoms. The molecule has 0 aliphatic rings. The summed E-state index contributed by atoms with van der Waals surface area (Å²) >= 11 is 0. The van der Waals surface area contributed by atoms with Gasteiger partial charge in [-0.1, -0.05) is 24.0 Å². The summed E-state index contributed by atoms with van der Waals surface area (Å²) < 4.78 is 13.1. The van der Waals surface area contributed by atoms with Gasteiger partial charge in [0.05, 0.1) is 5.56 Å². The Morgan fingerprint density at radius 1 is 1.13 bits per heavy atom. The van der Waals surface area contributed by atoms with Gasteiger partial charge in [0, 0.05) is 12.8 Å². The Bertz CT molecular complexity index is 401. The second kappa shape index (κ2) is 6.68. The zero-order valence-corrected chi connectivity index (χ0v) is 8.59. The van der Waals surface area contributed by atoms with Gasteiger partial charge >= 0.3 is 0 Å². The molecule has 0 fully saturated rings. The third kappa shape index (κ3) is 4.34. The van der Waals surface area contributed by atoms with E-state index in [-0.39, 0.29) is 5.82 Å². The van der Waals surface area contributed by atoms with Gasteiger partial charge in [-0.05, 0) is 25.0 Å². The van der Waals surface area contributed by atoms with Crippen LogP contribution in [0.4, 0.5) is 4.39 Å². The van der Waals surface area contributed by atoms with E-state index < -0.39 is 0 Å². The zero-order valence-electron chi connectivity index (χ0n) is 8.59. The third-order valence-corrected chi connectivity index (χ3v) is 1.97. The van der Waals surface area contributed by atoms with Crippen LogP contribution in [0.15, 0.2) is 24.3 Å². The average Bonchev–Trinajstić information content (AvgIpc) is 2.25. The molecule has 0 N–H and O–H groups in total. The number of benzene rings is 1. The lowest BCUT2D eigenvalue weighted by Gasteiger charge is -1.92. The number of rotatable bonds is 3. The Labute approximate surface area is 90.5 Å². The Balaban J connectivity index is 2.39. The standard InChI is InChI=1S/C14H13F/c1-2-3-4-5-6-7-10-13-11-8-9-12-14(13)15/h1,8-9,11-12H,3-6H2. The van der Waals surface area contributed by atoms with Crippen molar-refractivity contribution in [1.82, 2.24) is 0 Å². The fourth-order valence-electron chi connectivity index (χ4n) is 1.16. The summed E-state index contributed by atoms with van der Waals surface area (Å²) in [4.78, 5) is 0. The molecule has 76 valence electrons. The lowest BCUT2D eigenvalue weighted by molar-refractivity contribution is 0.624. The van der Waals surface area contributed by atoms with Crippen molar-refractivity contribution in [3.05, 3.63) is 35.6 Å². The van der Waals surface area contributed by atoms with Crippen LogP contribution in [0.25, 0.3) is 0 Å². The number of hydrogen-bond acceptors (Lipinski definition) is 0. The molecule has 0 spiro atoms. The Kier molecular flexibility index (Phi) is 5.06. The Morgan fingerprint density at radius 3 is 2.60 bits per heavy atom. The number of terminal acetylenes is 1. The maximum absolute atomic E-state index is 13.1. The summed E-state index contributed by atoms with van der Waals surface area (Å²) in [5.41, 5.74) is 0.467. The van der Waals surface area contributed by atoms with E-state index in [0.29, 0.717) is 5.56 Å². The lowest BCUT2D eigenvalue weighted by Crippen LogP contribution is -1.81. The fraction of sp³-hybridized carbons (Fsp3) is 0.286. The van der Waals surface area contributed by atoms with Crippen LogP contribution < -0.4 is 0 Å². The van der Waals surface area contributed by atoms with Gasteiger partial charge in [-0.2, -0.15) is 0 Å². The summed E-state index contributed by atoms with van der Waals surface area (Å²) in [6.45, 7) is 0. The molecule has 0 nitrogen and oxygen atoms in total. The van der Waals surface area contributed by atoms with Crippen LogP contribution >= 0.6 is 0 Å². The summed E-state index contributed by atoms with van der Waals surface area (Å²) in [5, 5.41) is 0. The Hall–Kier alpha value is -1.73. The number of unbranched alkanes of at least 4 members (excludes halogenated alkanes) is 3. The minimum absolute atomic E-state index is 0.256. The average molecular weight is 200 g/mol. The smallest absolute Gasteiger partial charge is 0.138 e. The number of hydrogen-bond donors (Lipinski definition) is 0. The maximum Gasteiger partial charge on any atom is 0.138 e. The minimum Gasteiger partial charge on any atom is -0.206 e. The quantitative estimate of drug-likeness (QED) is 0.518. The molecule has 0 aromatic heterocycles. The predicted octanol–water partition coefficient (Wildman–Crippen LogP) is 3.37. The van der Waals surface area contributed by atoms with Crippen LogP contribution in [0.1, 0.15) is 31.2 Å². The highest BCUT2D eigenvalue weighted by Gasteiger charge is 1.93. The van der Waals surface area contributed by atoms with E-state index in [4.69, 9.17) is 6.42 Å². The molecular formula is C14H13F. The first kappa shape index (κ1) is 11.3. The first-order chi connectivity index (χ1) is 7.34. The monoisotopic (exact) mass is 200 g/mol. The van der Waals surface area contributed by atoms with Crippen molar-refractivity contribution in [3.63, 3.8) is 0 Å². The molecule has 0 aliphatic carbocycles. The van der Waals surface area contributed by atoms with E-state index in [0.717, 1.165) is 25.7 Å². The first-order valence-electron chi connectivity index (χ1n) is 5.01. The minimum atomic E-state index is -0.256. The molecule has 1 rings (SSSR count). The van der Waals surface area contributed by atoms with Crippen LogP contribution in [0.3, 0.4) is 0 Å². The molecule has 0 bridgehead atoms. The normalized spacial score (nSPS) is 8.80.